The van der Waals surface area contributed by atoms with Gasteiger partial charge in [-0.1, -0.05) is 24.6 Å². The summed E-state index contributed by atoms with van der Waals surface area (Å²) >= 11 is 1.45. The molecule has 104 valence electrons. The van der Waals surface area contributed by atoms with Crippen LogP contribution in [0.1, 0.15) is 51.5 Å². The maximum atomic E-state index is 12.1. The van der Waals surface area contributed by atoms with Gasteiger partial charge in [0.25, 0.3) is 0 Å². The lowest BCUT2D eigenvalue weighted by molar-refractivity contribution is -0.120. The molecule has 1 aromatic rings. The summed E-state index contributed by atoms with van der Waals surface area (Å²) in [5.41, 5.74) is 0. The highest BCUT2D eigenvalue weighted by atomic mass is 32.2. The molecule has 0 aromatic carbocycles. The minimum atomic E-state index is -0.149. The molecule has 0 bridgehead atoms. The SMILES string of the molecule is C[C@@H](Sc1nnnn1C1CC1)C(=O)NC1CCCC1. The molecule has 7 heteroatoms. The Hall–Kier alpha value is -1.11. The number of hydrogen-bond donors (Lipinski definition) is 1. The Bertz CT molecular complexity index is 453. The summed E-state index contributed by atoms with van der Waals surface area (Å²) < 4.78 is 1.85. The average molecular weight is 281 g/mol. The molecular formula is C12H19N5OS. The Kier molecular flexibility index (Phi) is 3.72. The van der Waals surface area contributed by atoms with Crippen LogP contribution in [0, 0.1) is 0 Å². The van der Waals surface area contributed by atoms with Gasteiger partial charge in [-0.2, -0.15) is 0 Å². The summed E-state index contributed by atoms with van der Waals surface area (Å²) in [6.07, 6.45) is 6.97. The predicted molar refractivity (Wildman–Crippen MR) is 71.8 cm³/mol. The van der Waals surface area contributed by atoms with Gasteiger partial charge in [0, 0.05) is 6.04 Å². The highest BCUT2D eigenvalue weighted by Gasteiger charge is 2.30. The third kappa shape index (κ3) is 3.08. The van der Waals surface area contributed by atoms with E-state index in [0.29, 0.717) is 12.1 Å². The molecule has 3 rings (SSSR count). The predicted octanol–water partition coefficient (Wildman–Crippen LogP) is 1.55. The van der Waals surface area contributed by atoms with Crippen LogP contribution in [0.4, 0.5) is 0 Å². The molecule has 1 atom stereocenters. The number of carbonyl (C=O) groups excluding carboxylic acids is 1. The van der Waals surface area contributed by atoms with Crippen LogP contribution in [0.5, 0.6) is 0 Å². The lowest BCUT2D eigenvalue weighted by Crippen LogP contribution is -2.37. The molecular weight excluding hydrogens is 262 g/mol. The molecule has 0 unspecified atom stereocenters. The molecule has 6 nitrogen and oxygen atoms in total. The molecule has 2 aliphatic rings. The standard InChI is InChI=1S/C12H19N5OS/c1-8(11(18)13-9-4-2-3-5-9)19-12-14-15-16-17(12)10-6-7-10/h8-10H,2-7H2,1H3,(H,13,18)/t8-/m1/s1. The second-order valence-electron chi connectivity index (χ2n) is 5.39. The number of thioether (sulfide) groups is 1. The first-order valence-electron chi connectivity index (χ1n) is 6.99. The highest BCUT2D eigenvalue weighted by molar-refractivity contribution is 8.00. The lowest BCUT2D eigenvalue weighted by Gasteiger charge is -2.15. The van der Waals surface area contributed by atoms with Crippen molar-refractivity contribution in [1.82, 2.24) is 25.5 Å². The van der Waals surface area contributed by atoms with Crippen LogP contribution >= 0.6 is 11.8 Å². The molecule has 1 heterocycles. The number of rotatable bonds is 5. The molecule has 0 aliphatic heterocycles. The summed E-state index contributed by atoms with van der Waals surface area (Å²) in [6.45, 7) is 1.92. The Balaban J connectivity index is 1.55. The van der Waals surface area contributed by atoms with E-state index in [9.17, 15) is 4.79 Å². The van der Waals surface area contributed by atoms with Gasteiger partial charge in [0.05, 0.1) is 11.3 Å². The summed E-state index contributed by atoms with van der Waals surface area (Å²) in [5, 5.41) is 15.5. The molecule has 1 aromatic heterocycles. The second-order valence-corrected chi connectivity index (χ2v) is 6.70. The third-order valence-corrected chi connectivity index (χ3v) is 4.76. The van der Waals surface area contributed by atoms with Crippen molar-refractivity contribution in [3.63, 3.8) is 0 Å². The van der Waals surface area contributed by atoms with Crippen LogP contribution < -0.4 is 5.32 Å². The van der Waals surface area contributed by atoms with Crippen molar-refractivity contribution < 1.29 is 4.79 Å². The van der Waals surface area contributed by atoms with Crippen LogP contribution in [0.25, 0.3) is 0 Å². The van der Waals surface area contributed by atoms with Crippen LogP contribution in [0.15, 0.2) is 5.16 Å². The fourth-order valence-electron chi connectivity index (χ4n) is 2.41. The summed E-state index contributed by atoms with van der Waals surface area (Å²) in [4.78, 5) is 12.1. The highest BCUT2D eigenvalue weighted by Crippen LogP contribution is 2.37. The van der Waals surface area contributed by atoms with Crippen LogP contribution in [0.2, 0.25) is 0 Å². The minimum Gasteiger partial charge on any atom is -0.352 e. The van der Waals surface area contributed by atoms with E-state index in [1.165, 1.54) is 24.6 Å². The van der Waals surface area contributed by atoms with Gasteiger partial charge in [-0.15, -0.1) is 5.10 Å². The zero-order valence-corrected chi connectivity index (χ0v) is 11.9. The molecule has 0 saturated heterocycles. The van der Waals surface area contributed by atoms with Crippen molar-refractivity contribution >= 4 is 17.7 Å². The average Bonchev–Trinajstić information content (AvgIpc) is 2.92. The van der Waals surface area contributed by atoms with Crippen LogP contribution in [-0.4, -0.2) is 37.4 Å². The largest absolute Gasteiger partial charge is 0.352 e. The maximum absolute atomic E-state index is 12.1. The summed E-state index contributed by atoms with van der Waals surface area (Å²) in [7, 11) is 0. The van der Waals surface area contributed by atoms with Gasteiger partial charge in [0.1, 0.15) is 0 Å². The summed E-state index contributed by atoms with van der Waals surface area (Å²) in [5.74, 6) is 0.0993. The van der Waals surface area contributed by atoms with Gasteiger partial charge in [-0.3, -0.25) is 4.79 Å². The first-order valence-corrected chi connectivity index (χ1v) is 7.87. The Morgan fingerprint density at radius 1 is 1.37 bits per heavy atom. The monoisotopic (exact) mass is 281 g/mol. The van der Waals surface area contributed by atoms with Crippen molar-refractivity contribution in [3.05, 3.63) is 0 Å². The Morgan fingerprint density at radius 3 is 2.79 bits per heavy atom. The van der Waals surface area contributed by atoms with Gasteiger partial charge in [0.15, 0.2) is 0 Å². The van der Waals surface area contributed by atoms with Gasteiger partial charge in [-0.05, 0) is 43.0 Å². The fourth-order valence-corrected chi connectivity index (χ4v) is 3.28. The van der Waals surface area contributed by atoms with Crippen molar-refractivity contribution in [1.29, 1.82) is 0 Å². The second kappa shape index (κ2) is 5.48. The zero-order chi connectivity index (χ0) is 13.2. The maximum Gasteiger partial charge on any atom is 0.233 e. The molecule has 0 spiro atoms. The van der Waals surface area contributed by atoms with Gasteiger partial charge < -0.3 is 5.32 Å². The number of nitrogens with one attached hydrogen (secondary N) is 1. The number of amides is 1. The number of aromatic nitrogens is 4. The van der Waals surface area contributed by atoms with E-state index in [1.807, 2.05) is 11.6 Å². The zero-order valence-electron chi connectivity index (χ0n) is 11.1. The van der Waals surface area contributed by atoms with E-state index in [1.54, 1.807) is 0 Å². The first kappa shape index (κ1) is 12.9. The van der Waals surface area contributed by atoms with Crippen LogP contribution in [0.3, 0.4) is 0 Å². The molecule has 2 fully saturated rings. The number of tetrazole rings is 1. The number of hydrogen-bond acceptors (Lipinski definition) is 5. The normalized spacial score (nSPS) is 21.5. The smallest absolute Gasteiger partial charge is 0.233 e. The van der Waals surface area contributed by atoms with E-state index in [4.69, 9.17) is 0 Å². The minimum absolute atomic E-state index is 0.0993. The van der Waals surface area contributed by atoms with E-state index in [0.717, 1.165) is 30.8 Å². The van der Waals surface area contributed by atoms with E-state index >= 15 is 0 Å². The van der Waals surface area contributed by atoms with E-state index in [2.05, 4.69) is 20.8 Å². The van der Waals surface area contributed by atoms with Gasteiger partial charge >= 0.3 is 0 Å². The van der Waals surface area contributed by atoms with Gasteiger partial charge in [-0.25, -0.2) is 4.68 Å². The van der Waals surface area contributed by atoms with Crippen molar-refractivity contribution in [2.45, 2.75) is 67.9 Å². The Morgan fingerprint density at radius 2 is 2.11 bits per heavy atom. The number of nitrogens with zero attached hydrogens (tertiary/aromatic N) is 4. The van der Waals surface area contributed by atoms with E-state index < -0.39 is 0 Å². The lowest BCUT2D eigenvalue weighted by atomic mass is 10.2. The van der Waals surface area contributed by atoms with Crippen molar-refractivity contribution in [2.24, 2.45) is 0 Å². The molecule has 19 heavy (non-hydrogen) atoms. The number of carbonyl (C=O) groups is 1. The van der Waals surface area contributed by atoms with Crippen LogP contribution in [-0.2, 0) is 4.79 Å². The molecule has 0 radical (unpaired) electrons. The quantitative estimate of drug-likeness (QED) is 0.829. The molecule has 1 amide bonds. The third-order valence-electron chi connectivity index (χ3n) is 3.71. The Labute approximate surface area is 116 Å². The summed E-state index contributed by atoms with van der Waals surface area (Å²) in [6, 6.07) is 0.817. The molecule has 1 N–H and O–H groups in total. The first-order chi connectivity index (χ1) is 9.24. The van der Waals surface area contributed by atoms with E-state index in [-0.39, 0.29) is 11.2 Å². The van der Waals surface area contributed by atoms with Gasteiger partial charge in [0.2, 0.25) is 11.1 Å². The fraction of sp³-hybridized carbons (Fsp3) is 0.833. The van der Waals surface area contributed by atoms with Crippen molar-refractivity contribution in [3.8, 4) is 0 Å². The van der Waals surface area contributed by atoms with Crippen molar-refractivity contribution in [2.75, 3.05) is 0 Å². The molecule has 2 aliphatic carbocycles. The topological polar surface area (TPSA) is 72.7 Å². The molecule has 2 saturated carbocycles.